The van der Waals surface area contributed by atoms with Crippen molar-refractivity contribution in [3.63, 3.8) is 0 Å². The van der Waals surface area contributed by atoms with E-state index < -0.39 is 17.7 Å². The van der Waals surface area contributed by atoms with E-state index in [0.29, 0.717) is 24.8 Å². The van der Waals surface area contributed by atoms with E-state index >= 15 is 0 Å². The number of rotatable bonds is 5. The maximum Gasteiger partial charge on any atom is 0.458 e. The van der Waals surface area contributed by atoms with Gasteiger partial charge in [-0.3, -0.25) is 0 Å². The van der Waals surface area contributed by atoms with Gasteiger partial charge in [-0.25, -0.2) is 0 Å². The molecule has 1 aromatic rings. The smallest absolute Gasteiger partial charge is 0.396 e. The third-order valence-electron chi connectivity index (χ3n) is 2.52. The van der Waals surface area contributed by atoms with Crippen LogP contribution in [0.1, 0.15) is 24.0 Å². The first-order chi connectivity index (χ1) is 8.29. The first kappa shape index (κ1) is 14.9. The van der Waals surface area contributed by atoms with E-state index in [1.54, 1.807) is 0 Å². The number of hydrogen-bond donors (Lipinski definition) is 1. The molecule has 1 N–H and O–H groups in total. The topological polar surface area (TPSA) is 20.2 Å². The van der Waals surface area contributed by atoms with Crippen LogP contribution in [0, 0.1) is 0 Å². The van der Waals surface area contributed by atoms with Crippen LogP contribution in [0.3, 0.4) is 0 Å². The second-order valence-electron chi connectivity index (χ2n) is 3.95. The number of unbranched alkanes of at least 4 members (excludes halogenated alkanes) is 1. The molecule has 0 aliphatic heterocycles. The minimum atomic E-state index is -5.59. The van der Waals surface area contributed by atoms with E-state index in [0.717, 1.165) is 12.1 Å². The van der Waals surface area contributed by atoms with Crippen LogP contribution in [-0.2, 0) is 12.3 Å². The number of benzene rings is 1. The fraction of sp³-hybridized carbons (Fsp3) is 0.500. The lowest BCUT2D eigenvalue weighted by Gasteiger charge is -2.20. The third-order valence-corrected chi connectivity index (χ3v) is 2.52. The molecule has 1 nitrogen and oxygen atoms in total. The second-order valence-corrected chi connectivity index (χ2v) is 3.95. The van der Waals surface area contributed by atoms with Gasteiger partial charge in [0.05, 0.1) is 0 Å². The van der Waals surface area contributed by atoms with Gasteiger partial charge in [-0.1, -0.05) is 18.2 Å². The summed E-state index contributed by atoms with van der Waals surface area (Å²) < 4.78 is 62.7. The summed E-state index contributed by atoms with van der Waals surface area (Å²) in [5.41, 5.74) is -0.638. The Morgan fingerprint density at radius 2 is 1.67 bits per heavy atom. The Bertz CT molecular complexity index is 386. The fourth-order valence-electron chi connectivity index (χ4n) is 1.53. The Hall–Kier alpha value is -1.17. The molecule has 0 unspecified atom stereocenters. The van der Waals surface area contributed by atoms with E-state index in [-0.39, 0.29) is 6.61 Å². The molecule has 0 heterocycles. The van der Waals surface area contributed by atoms with Crippen LogP contribution in [0.5, 0.6) is 0 Å². The van der Waals surface area contributed by atoms with Crippen LogP contribution in [0.15, 0.2) is 24.3 Å². The summed E-state index contributed by atoms with van der Waals surface area (Å²) in [6, 6.07) is 4.31. The normalized spacial score (nSPS) is 12.8. The Balaban J connectivity index is 2.88. The Morgan fingerprint density at radius 1 is 1.00 bits per heavy atom. The van der Waals surface area contributed by atoms with Crippen molar-refractivity contribution in [2.45, 2.75) is 31.4 Å². The van der Waals surface area contributed by atoms with E-state index in [2.05, 4.69) is 0 Å². The zero-order chi connectivity index (χ0) is 13.8. The van der Waals surface area contributed by atoms with Gasteiger partial charge in [0.2, 0.25) is 0 Å². The number of hydrogen-bond acceptors (Lipinski definition) is 1. The number of aryl methyl sites for hydroxylation is 1. The van der Waals surface area contributed by atoms with Crippen LogP contribution in [0.2, 0.25) is 0 Å². The van der Waals surface area contributed by atoms with Crippen molar-refractivity contribution in [3.8, 4) is 0 Å². The maximum atomic E-state index is 13.1. The van der Waals surface area contributed by atoms with E-state index in [1.165, 1.54) is 12.1 Å². The maximum absolute atomic E-state index is 13.1. The van der Waals surface area contributed by atoms with Gasteiger partial charge in [-0.2, -0.15) is 22.0 Å². The van der Waals surface area contributed by atoms with Crippen molar-refractivity contribution in [1.82, 2.24) is 0 Å². The minimum Gasteiger partial charge on any atom is -0.396 e. The van der Waals surface area contributed by atoms with Crippen LogP contribution >= 0.6 is 0 Å². The largest absolute Gasteiger partial charge is 0.458 e. The standard InChI is InChI=1S/C12H13F5O/c13-11(14,12(15,16)17)10-6-3-5-9(8-10)4-1-2-7-18/h3,5-6,8,18H,1-2,4,7H2. The van der Waals surface area contributed by atoms with Gasteiger partial charge >= 0.3 is 12.1 Å². The zero-order valence-corrected chi connectivity index (χ0v) is 9.47. The number of alkyl halides is 5. The van der Waals surface area contributed by atoms with E-state index in [9.17, 15) is 22.0 Å². The summed E-state index contributed by atoms with van der Waals surface area (Å²) >= 11 is 0. The van der Waals surface area contributed by atoms with Gasteiger partial charge in [-0.15, -0.1) is 0 Å². The third kappa shape index (κ3) is 3.41. The fourth-order valence-corrected chi connectivity index (χ4v) is 1.53. The number of halogens is 5. The Labute approximate surface area is 101 Å². The lowest BCUT2D eigenvalue weighted by molar-refractivity contribution is -0.289. The summed E-state index contributed by atoms with van der Waals surface area (Å²) in [7, 11) is 0. The van der Waals surface area contributed by atoms with Crippen LogP contribution in [0.4, 0.5) is 22.0 Å². The first-order valence-corrected chi connectivity index (χ1v) is 5.44. The molecule has 6 heteroatoms. The average molecular weight is 268 g/mol. The molecule has 0 saturated heterocycles. The molecular weight excluding hydrogens is 255 g/mol. The molecule has 0 radical (unpaired) electrons. The summed E-state index contributed by atoms with van der Waals surface area (Å²) in [5, 5.41) is 8.57. The van der Waals surface area contributed by atoms with Crippen molar-refractivity contribution >= 4 is 0 Å². The zero-order valence-electron chi connectivity index (χ0n) is 9.47. The number of aliphatic hydroxyl groups excluding tert-OH is 1. The van der Waals surface area contributed by atoms with Crippen molar-refractivity contribution in [3.05, 3.63) is 35.4 Å². The lowest BCUT2D eigenvalue weighted by atomic mass is 10.0. The van der Waals surface area contributed by atoms with Crippen molar-refractivity contribution < 1.29 is 27.1 Å². The van der Waals surface area contributed by atoms with Crippen molar-refractivity contribution in [2.24, 2.45) is 0 Å². The van der Waals surface area contributed by atoms with Gasteiger partial charge in [0.1, 0.15) is 0 Å². The molecule has 1 rings (SSSR count). The van der Waals surface area contributed by atoms with E-state index in [1.807, 2.05) is 0 Å². The summed E-state index contributed by atoms with van der Waals surface area (Å²) in [5.74, 6) is -4.83. The molecule has 0 spiro atoms. The number of aliphatic hydroxyl groups is 1. The molecule has 0 saturated carbocycles. The molecule has 1 aromatic carbocycles. The van der Waals surface area contributed by atoms with Crippen LogP contribution in [0.25, 0.3) is 0 Å². The molecule has 0 atom stereocenters. The van der Waals surface area contributed by atoms with Crippen molar-refractivity contribution in [1.29, 1.82) is 0 Å². The predicted octanol–water partition coefficient (Wildman–Crippen LogP) is 3.66. The molecule has 0 bridgehead atoms. The molecule has 0 amide bonds. The van der Waals surface area contributed by atoms with Crippen LogP contribution in [-0.4, -0.2) is 17.9 Å². The second kappa shape index (κ2) is 5.65. The van der Waals surface area contributed by atoms with Gasteiger partial charge in [0.25, 0.3) is 0 Å². The van der Waals surface area contributed by atoms with E-state index in [4.69, 9.17) is 5.11 Å². The highest BCUT2D eigenvalue weighted by Crippen LogP contribution is 2.43. The highest BCUT2D eigenvalue weighted by atomic mass is 19.4. The molecule has 0 fully saturated rings. The first-order valence-electron chi connectivity index (χ1n) is 5.44. The Kier molecular flexibility index (Phi) is 4.67. The summed E-state index contributed by atoms with van der Waals surface area (Å²) in [6.45, 7) is -0.0294. The average Bonchev–Trinajstić information content (AvgIpc) is 2.28. The van der Waals surface area contributed by atoms with Gasteiger partial charge < -0.3 is 5.11 Å². The SMILES string of the molecule is OCCCCc1cccc(C(F)(F)C(F)(F)F)c1. The van der Waals surface area contributed by atoms with Crippen LogP contribution < -0.4 is 0 Å². The summed E-state index contributed by atoms with van der Waals surface area (Å²) in [4.78, 5) is 0. The molecule has 0 aliphatic rings. The molecule has 0 aliphatic carbocycles. The molecule has 0 aromatic heterocycles. The molecule has 102 valence electrons. The highest BCUT2D eigenvalue weighted by Gasteiger charge is 2.58. The summed E-state index contributed by atoms with van der Waals surface area (Å²) in [6.07, 6.45) is -4.20. The molecule has 18 heavy (non-hydrogen) atoms. The van der Waals surface area contributed by atoms with Gasteiger partial charge in [0.15, 0.2) is 0 Å². The molecular formula is C12H13F5O. The minimum absolute atomic E-state index is 0.0294. The highest BCUT2D eigenvalue weighted by molar-refractivity contribution is 5.28. The van der Waals surface area contributed by atoms with Gasteiger partial charge in [-0.05, 0) is 30.9 Å². The van der Waals surface area contributed by atoms with Crippen molar-refractivity contribution in [2.75, 3.05) is 6.61 Å². The Morgan fingerprint density at radius 3 is 2.22 bits per heavy atom. The van der Waals surface area contributed by atoms with Gasteiger partial charge in [0, 0.05) is 12.2 Å². The quantitative estimate of drug-likeness (QED) is 0.638. The monoisotopic (exact) mass is 268 g/mol. The lowest BCUT2D eigenvalue weighted by Crippen LogP contribution is -2.33. The predicted molar refractivity (Wildman–Crippen MR) is 56.4 cm³/mol.